The molecule has 0 saturated heterocycles. The van der Waals surface area contributed by atoms with Crippen LogP contribution in [0.15, 0.2) is 88.4 Å². The summed E-state index contributed by atoms with van der Waals surface area (Å²) in [5.74, 6) is 0.418. The van der Waals surface area contributed by atoms with Crippen LogP contribution < -0.4 is 15.5 Å². The van der Waals surface area contributed by atoms with E-state index in [1.807, 2.05) is 92.7 Å². The zero-order valence-electron chi connectivity index (χ0n) is 22.3. The van der Waals surface area contributed by atoms with Crippen molar-refractivity contribution in [1.29, 1.82) is 0 Å². The minimum Gasteiger partial charge on any atom is -0.495 e. The van der Waals surface area contributed by atoms with Crippen LogP contribution in [-0.2, 0) is 11.2 Å². The van der Waals surface area contributed by atoms with Gasteiger partial charge in [0, 0.05) is 17.5 Å². The van der Waals surface area contributed by atoms with E-state index in [4.69, 9.17) is 9.15 Å². The van der Waals surface area contributed by atoms with E-state index in [0.717, 1.165) is 28.7 Å². The molecule has 0 fully saturated rings. The van der Waals surface area contributed by atoms with Crippen molar-refractivity contribution in [1.82, 2.24) is 5.43 Å². The number of hydrogen-bond donors (Lipinski definition) is 2. The Morgan fingerprint density at radius 1 is 0.923 bits per heavy atom. The van der Waals surface area contributed by atoms with Crippen LogP contribution in [0, 0.1) is 13.8 Å². The number of nitrogens with zero attached hydrogens (tertiary/aromatic N) is 1. The smallest absolute Gasteiger partial charge is 0.291 e. The highest BCUT2D eigenvalue weighted by molar-refractivity contribution is 6.09. The number of furan rings is 1. The molecule has 3 aromatic carbocycles. The maximum absolute atomic E-state index is 13.5. The van der Waals surface area contributed by atoms with Gasteiger partial charge in [-0.1, -0.05) is 66.7 Å². The molecule has 0 unspecified atom stereocenters. The molecule has 1 aromatic heterocycles. The molecular weight excluding hydrogens is 490 g/mol. The second kappa shape index (κ2) is 11.4. The summed E-state index contributed by atoms with van der Waals surface area (Å²) in [7, 11) is 1.56. The molecule has 0 atom stereocenters. The number of carbonyl (C=O) groups is 2. The van der Waals surface area contributed by atoms with Crippen LogP contribution in [0.3, 0.4) is 0 Å². The van der Waals surface area contributed by atoms with Crippen molar-refractivity contribution in [2.24, 2.45) is 5.10 Å². The molecule has 5 rings (SSSR count). The molecule has 0 spiro atoms. The number of amides is 2. The van der Waals surface area contributed by atoms with Crippen molar-refractivity contribution >= 4 is 23.2 Å². The normalized spacial score (nSPS) is 13.7. The number of carbonyl (C=O) groups excluding carboxylic acids is 2. The number of anilines is 1. The van der Waals surface area contributed by atoms with Crippen LogP contribution in [0.2, 0.25) is 0 Å². The molecule has 1 aliphatic rings. The second-order valence-electron chi connectivity index (χ2n) is 9.65. The highest BCUT2D eigenvalue weighted by Crippen LogP contribution is 2.32. The summed E-state index contributed by atoms with van der Waals surface area (Å²) in [4.78, 5) is 26.7. The molecule has 7 heteroatoms. The summed E-state index contributed by atoms with van der Waals surface area (Å²) < 4.78 is 11.4. The van der Waals surface area contributed by atoms with Crippen molar-refractivity contribution in [2.45, 2.75) is 39.0 Å². The number of fused-ring (bicyclic) bond motifs is 1. The Kier molecular flexibility index (Phi) is 7.59. The zero-order chi connectivity index (χ0) is 27.4. The Bertz CT molecular complexity index is 1480. The lowest BCUT2D eigenvalue weighted by atomic mass is 9.90. The van der Waals surface area contributed by atoms with E-state index in [9.17, 15) is 9.59 Å². The summed E-state index contributed by atoms with van der Waals surface area (Å²) in [6.07, 6.45) is 2.17. The van der Waals surface area contributed by atoms with Crippen LogP contribution in [0.1, 0.15) is 62.9 Å². The number of nitrogens with one attached hydrogen (secondary N) is 2. The van der Waals surface area contributed by atoms with Crippen molar-refractivity contribution < 1.29 is 18.7 Å². The zero-order valence-corrected chi connectivity index (χ0v) is 22.3. The maximum atomic E-state index is 13.5. The Labute approximate surface area is 227 Å². The van der Waals surface area contributed by atoms with Gasteiger partial charge in [0.25, 0.3) is 11.8 Å². The van der Waals surface area contributed by atoms with Gasteiger partial charge in [-0.25, -0.2) is 5.43 Å². The Hall–Kier alpha value is -4.65. The van der Waals surface area contributed by atoms with Gasteiger partial charge in [0.15, 0.2) is 5.76 Å². The molecular formula is C32H31N3O4. The largest absolute Gasteiger partial charge is 0.495 e. The Morgan fingerprint density at radius 3 is 2.23 bits per heavy atom. The van der Waals surface area contributed by atoms with Crippen molar-refractivity contribution in [2.75, 3.05) is 12.4 Å². The Balaban J connectivity index is 1.41. The van der Waals surface area contributed by atoms with Gasteiger partial charge in [-0.2, -0.15) is 5.10 Å². The van der Waals surface area contributed by atoms with E-state index in [-0.39, 0.29) is 17.6 Å². The van der Waals surface area contributed by atoms with Crippen LogP contribution in [-0.4, -0.2) is 24.6 Å². The summed E-state index contributed by atoms with van der Waals surface area (Å²) >= 11 is 0. The molecule has 0 bridgehead atoms. The van der Waals surface area contributed by atoms with E-state index in [2.05, 4.69) is 15.8 Å². The summed E-state index contributed by atoms with van der Waals surface area (Å²) in [5, 5.41) is 7.48. The first kappa shape index (κ1) is 26.0. The molecule has 0 saturated carbocycles. The van der Waals surface area contributed by atoms with Gasteiger partial charge >= 0.3 is 0 Å². The highest BCUT2D eigenvalue weighted by atomic mass is 16.5. The Morgan fingerprint density at radius 2 is 1.59 bits per heavy atom. The highest BCUT2D eigenvalue weighted by Gasteiger charge is 2.29. The van der Waals surface area contributed by atoms with E-state index in [1.54, 1.807) is 7.11 Å². The quantitative estimate of drug-likeness (QED) is 0.286. The molecule has 7 nitrogen and oxygen atoms in total. The summed E-state index contributed by atoms with van der Waals surface area (Å²) in [6, 6.07) is 24.9. The minimum absolute atomic E-state index is 0.224. The molecule has 0 aliphatic heterocycles. The second-order valence-corrected chi connectivity index (χ2v) is 9.65. The third-order valence-electron chi connectivity index (χ3n) is 6.96. The third kappa shape index (κ3) is 5.48. The topological polar surface area (TPSA) is 92.9 Å². The number of hydrazone groups is 1. The lowest BCUT2D eigenvalue weighted by Crippen LogP contribution is -2.28. The van der Waals surface area contributed by atoms with E-state index in [1.165, 1.54) is 0 Å². The van der Waals surface area contributed by atoms with Crippen LogP contribution in [0.5, 0.6) is 5.75 Å². The van der Waals surface area contributed by atoms with Gasteiger partial charge in [-0.3, -0.25) is 9.59 Å². The lowest BCUT2D eigenvalue weighted by Gasteiger charge is -2.18. The standard InChI is InChI=1S/C32H31N3O4/c1-20-17-18-26(38-3)25(19-20)33-32(37)30-21(2)28-24(15-10-16-27(28)39-30)34-35-31(36)29(22-11-6-4-7-12-22)23-13-8-5-9-14-23/h4-9,11-14,17-19,29H,10,15-16H2,1-3H3,(H,33,37)(H,35,36)/b34-24+. The third-order valence-corrected chi connectivity index (χ3v) is 6.96. The predicted octanol–water partition coefficient (Wildman–Crippen LogP) is 6.15. The molecule has 39 heavy (non-hydrogen) atoms. The van der Waals surface area contributed by atoms with E-state index < -0.39 is 5.92 Å². The first-order chi connectivity index (χ1) is 19.0. The number of hydrogen-bond acceptors (Lipinski definition) is 5. The molecule has 2 amide bonds. The van der Waals surface area contributed by atoms with E-state index >= 15 is 0 Å². The van der Waals surface area contributed by atoms with Gasteiger partial charge < -0.3 is 14.5 Å². The molecule has 4 aromatic rings. The molecule has 1 aliphatic carbocycles. The summed E-state index contributed by atoms with van der Waals surface area (Å²) in [5.41, 5.74) is 8.34. The lowest BCUT2D eigenvalue weighted by molar-refractivity contribution is -0.121. The SMILES string of the molecule is COc1ccc(C)cc1NC(=O)c1oc2c(c1C)/C(=N/NC(=O)C(c1ccccc1)c1ccccc1)CCC2. The van der Waals surface area contributed by atoms with Crippen LogP contribution in [0.4, 0.5) is 5.69 Å². The average molecular weight is 522 g/mol. The fraction of sp³-hybridized carbons (Fsp3) is 0.219. The van der Waals surface area contributed by atoms with Crippen molar-refractivity contribution in [3.8, 4) is 5.75 Å². The molecule has 1 heterocycles. The van der Waals surface area contributed by atoms with Gasteiger partial charge in [-0.05, 0) is 55.5 Å². The maximum Gasteiger partial charge on any atom is 0.291 e. The number of aryl methyl sites for hydroxylation is 2. The number of benzene rings is 3. The van der Waals surface area contributed by atoms with E-state index in [0.29, 0.717) is 41.3 Å². The summed E-state index contributed by atoms with van der Waals surface area (Å²) in [6.45, 7) is 3.80. The van der Waals surface area contributed by atoms with Crippen LogP contribution >= 0.6 is 0 Å². The average Bonchev–Trinajstić information content (AvgIpc) is 3.30. The van der Waals surface area contributed by atoms with Crippen LogP contribution in [0.25, 0.3) is 0 Å². The number of rotatable bonds is 7. The van der Waals surface area contributed by atoms with Gasteiger partial charge in [0.1, 0.15) is 11.5 Å². The van der Waals surface area contributed by atoms with Gasteiger partial charge in [0.2, 0.25) is 0 Å². The predicted molar refractivity (Wildman–Crippen MR) is 151 cm³/mol. The first-order valence-corrected chi connectivity index (χ1v) is 13.0. The van der Waals surface area contributed by atoms with Crippen molar-refractivity contribution in [3.05, 3.63) is 118 Å². The monoisotopic (exact) mass is 521 g/mol. The fourth-order valence-electron chi connectivity index (χ4n) is 5.07. The van der Waals surface area contributed by atoms with Crippen molar-refractivity contribution in [3.63, 3.8) is 0 Å². The van der Waals surface area contributed by atoms with Gasteiger partial charge in [-0.15, -0.1) is 0 Å². The fourth-order valence-corrected chi connectivity index (χ4v) is 5.07. The first-order valence-electron chi connectivity index (χ1n) is 13.0. The molecule has 0 radical (unpaired) electrons. The molecule has 2 N–H and O–H groups in total. The molecule has 198 valence electrons. The minimum atomic E-state index is -0.504. The number of methoxy groups -OCH3 is 1. The number of ether oxygens (including phenoxy) is 1. The van der Waals surface area contributed by atoms with Gasteiger partial charge in [0.05, 0.1) is 24.4 Å².